The molecule has 1 fully saturated rings. The van der Waals surface area contributed by atoms with Gasteiger partial charge in [0.05, 0.1) is 17.9 Å². The van der Waals surface area contributed by atoms with Crippen LogP contribution in [0.25, 0.3) is 0 Å². The standard InChI is InChI=1S/C15H23N3O3/c1-4-5-18-6-7-21-12(9-18)14-16-8-11(15(19)20)13(17-14)10(2)3/h8,10,12H,4-7,9H2,1-3H3,(H,19,20). The van der Waals surface area contributed by atoms with Crippen LogP contribution in [-0.2, 0) is 4.74 Å². The van der Waals surface area contributed by atoms with Crippen LogP contribution in [0.3, 0.4) is 0 Å². The molecule has 0 aliphatic carbocycles. The van der Waals surface area contributed by atoms with Gasteiger partial charge in [0.2, 0.25) is 0 Å². The first kappa shape index (κ1) is 15.9. The molecule has 0 aromatic carbocycles. The van der Waals surface area contributed by atoms with Crippen LogP contribution in [0.2, 0.25) is 0 Å². The maximum Gasteiger partial charge on any atom is 0.339 e. The predicted octanol–water partition coefficient (Wildman–Crippen LogP) is 2.08. The smallest absolute Gasteiger partial charge is 0.339 e. The van der Waals surface area contributed by atoms with Crippen LogP contribution in [0, 0.1) is 0 Å². The van der Waals surface area contributed by atoms with Gasteiger partial charge in [0.15, 0.2) is 5.82 Å². The van der Waals surface area contributed by atoms with E-state index in [9.17, 15) is 9.90 Å². The summed E-state index contributed by atoms with van der Waals surface area (Å²) in [7, 11) is 0. The second-order valence-electron chi connectivity index (χ2n) is 5.65. The Bertz CT molecular complexity index is 503. The molecule has 6 heteroatoms. The number of morpholine rings is 1. The normalized spacial score (nSPS) is 19.9. The van der Waals surface area contributed by atoms with Gasteiger partial charge in [0.25, 0.3) is 0 Å². The number of nitrogens with zero attached hydrogens (tertiary/aromatic N) is 3. The van der Waals surface area contributed by atoms with Gasteiger partial charge in [-0.05, 0) is 18.9 Å². The largest absolute Gasteiger partial charge is 0.478 e. The van der Waals surface area contributed by atoms with Crippen LogP contribution in [0.1, 0.15) is 61.1 Å². The maximum absolute atomic E-state index is 11.2. The van der Waals surface area contributed by atoms with Crippen molar-refractivity contribution >= 4 is 5.97 Å². The van der Waals surface area contributed by atoms with Gasteiger partial charge in [-0.15, -0.1) is 0 Å². The number of hydrogen-bond acceptors (Lipinski definition) is 5. The first-order chi connectivity index (χ1) is 10.0. The summed E-state index contributed by atoms with van der Waals surface area (Å²) in [6.07, 6.45) is 2.33. The molecule has 6 nitrogen and oxygen atoms in total. The Labute approximate surface area is 125 Å². The molecule has 1 unspecified atom stereocenters. The molecule has 0 saturated carbocycles. The molecule has 1 aliphatic heterocycles. The van der Waals surface area contributed by atoms with Crippen molar-refractivity contribution in [3.8, 4) is 0 Å². The van der Waals surface area contributed by atoms with Gasteiger partial charge in [-0.3, -0.25) is 4.90 Å². The second-order valence-corrected chi connectivity index (χ2v) is 5.65. The third-order valence-electron chi connectivity index (χ3n) is 3.59. The molecule has 116 valence electrons. The zero-order chi connectivity index (χ0) is 15.4. The summed E-state index contributed by atoms with van der Waals surface area (Å²) < 4.78 is 5.76. The maximum atomic E-state index is 11.2. The highest BCUT2D eigenvalue weighted by Gasteiger charge is 2.25. The van der Waals surface area contributed by atoms with Crippen molar-refractivity contribution in [1.29, 1.82) is 0 Å². The molecule has 1 N–H and O–H groups in total. The van der Waals surface area contributed by atoms with Gasteiger partial charge in [-0.25, -0.2) is 14.8 Å². The molecule has 2 rings (SSSR count). The molecule has 2 heterocycles. The Morgan fingerprint density at radius 3 is 2.95 bits per heavy atom. The van der Waals surface area contributed by atoms with Crippen molar-refractivity contribution in [3.05, 3.63) is 23.3 Å². The highest BCUT2D eigenvalue weighted by atomic mass is 16.5. The molecular formula is C15H23N3O3. The number of carboxylic acids is 1. The van der Waals surface area contributed by atoms with E-state index >= 15 is 0 Å². The molecule has 0 amide bonds. The van der Waals surface area contributed by atoms with E-state index in [0.29, 0.717) is 18.1 Å². The van der Waals surface area contributed by atoms with E-state index in [-0.39, 0.29) is 17.6 Å². The third-order valence-corrected chi connectivity index (χ3v) is 3.59. The lowest BCUT2D eigenvalue weighted by Gasteiger charge is -2.32. The van der Waals surface area contributed by atoms with E-state index in [0.717, 1.165) is 26.1 Å². The van der Waals surface area contributed by atoms with Gasteiger partial charge < -0.3 is 9.84 Å². The number of aromatic nitrogens is 2. The van der Waals surface area contributed by atoms with Crippen LogP contribution in [-0.4, -0.2) is 52.2 Å². The second kappa shape index (κ2) is 6.95. The Morgan fingerprint density at radius 2 is 2.33 bits per heavy atom. The van der Waals surface area contributed by atoms with E-state index in [1.165, 1.54) is 6.20 Å². The quantitative estimate of drug-likeness (QED) is 0.896. The minimum atomic E-state index is -0.984. The first-order valence-corrected chi connectivity index (χ1v) is 7.47. The number of rotatable bonds is 5. The van der Waals surface area contributed by atoms with Gasteiger partial charge in [0, 0.05) is 19.3 Å². The van der Waals surface area contributed by atoms with E-state index in [4.69, 9.17) is 4.74 Å². The first-order valence-electron chi connectivity index (χ1n) is 7.47. The number of carboxylic acid groups (broad SMARTS) is 1. The Balaban J connectivity index is 2.23. The lowest BCUT2D eigenvalue weighted by Crippen LogP contribution is -2.39. The van der Waals surface area contributed by atoms with Gasteiger partial charge >= 0.3 is 5.97 Å². The molecule has 1 saturated heterocycles. The Kier molecular flexibility index (Phi) is 5.25. The highest BCUT2D eigenvalue weighted by molar-refractivity contribution is 5.88. The third kappa shape index (κ3) is 3.77. The molecule has 0 radical (unpaired) electrons. The SMILES string of the molecule is CCCN1CCOC(c2ncc(C(=O)O)c(C(C)C)n2)C1. The number of hydrogen-bond donors (Lipinski definition) is 1. The van der Waals surface area contributed by atoms with E-state index in [1.807, 2.05) is 13.8 Å². The van der Waals surface area contributed by atoms with Crippen LogP contribution < -0.4 is 0 Å². The number of carbonyl (C=O) groups is 1. The minimum Gasteiger partial charge on any atom is -0.478 e. The van der Waals surface area contributed by atoms with E-state index < -0.39 is 5.97 Å². The van der Waals surface area contributed by atoms with E-state index in [1.54, 1.807) is 0 Å². The van der Waals surface area contributed by atoms with E-state index in [2.05, 4.69) is 21.8 Å². The zero-order valence-corrected chi connectivity index (χ0v) is 12.9. The fraction of sp³-hybridized carbons (Fsp3) is 0.667. The molecule has 1 aromatic heterocycles. The number of aromatic carboxylic acids is 1. The summed E-state index contributed by atoms with van der Waals surface area (Å²) in [5, 5.41) is 9.21. The van der Waals surface area contributed by atoms with Gasteiger partial charge in [0.1, 0.15) is 6.10 Å². The fourth-order valence-corrected chi connectivity index (χ4v) is 2.55. The molecule has 1 aliphatic rings. The number of ether oxygens (including phenoxy) is 1. The highest BCUT2D eigenvalue weighted by Crippen LogP contribution is 2.23. The lowest BCUT2D eigenvalue weighted by atomic mass is 10.0. The summed E-state index contributed by atoms with van der Waals surface area (Å²) in [5.74, 6) is -0.361. The fourth-order valence-electron chi connectivity index (χ4n) is 2.55. The zero-order valence-electron chi connectivity index (χ0n) is 12.9. The topological polar surface area (TPSA) is 75.5 Å². The minimum absolute atomic E-state index is 0.0354. The Hall–Kier alpha value is -1.53. The molecule has 1 atom stereocenters. The molecule has 0 bridgehead atoms. The van der Waals surface area contributed by atoms with Crippen LogP contribution >= 0.6 is 0 Å². The lowest BCUT2D eigenvalue weighted by molar-refractivity contribution is -0.0343. The average Bonchev–Trinajstić information content (AvgIpc) is 2.47. The van der Waals surface area contributed by atoms with Crippen molar-refractivity contribution in [2.75, 3.05) is 26.2 Å². The summed E-state index contributed by atoms with van der Waals surface area (Å²) >= 11 is 0. The van der Waals surface area contributed by atoms with Crippen LogP contribution in [0.4, 0.5) is 0 Å². The van der Waals surface area contributed by atoms with Crippen LogP contribution in [0.15, 0.2) is 6.20 Å². The monoisotopic (exact) mass is 293 g/mol. The van der Waals surface area contributed by atoms with Crippen molar-refractivity contribution in [2.24, 2.45) is 0 Å². The summed E-state index contributed by atoms with van der Waals surface area (Å²) in [6.45, 7) is 9.40. The summed E-state index contributed by atoms with van der Waals surface area (Å²) in [6, 6.07) is 0. The van der Waals surface area contributed by atoms with Crippen molar-refractivity contribution in [1.82, 2.24) is 14.9 Å². The summed E-state index contributed by atoms with van der Waals surface area (Å²) in [5.41, 5.74) is 0.749. The van der Waals surface area contributed by atoms with Gasteiger partial charge in [-0.2, -0.15) is 0 Å². The molecule has 0 spiro atoms. The molecule has 1 aromatic rings. The summed E-state index contributed by atoms with van der Waals surface area (Å²) in [4.78, 5) is 22.2. The average molecular weight is 293 g/mol. The van der Waals surface area contributed by atoms with Crippen molar-refractivity contribution in [2.45, 2.75) is 39.2 Å². The van der Waals surface area contributed by atoms with Crippen LogP contribution in [0.5, 0.6) is 0 Å². The van der Waals surface area contributed by atoms with Gasteiger partial charge in [-0.1, -0.05) is 20.8 Å². The molecular weight excluding hydrogens is 270 g/mol. The Morgan fingerprint density at radius 1 is 1.57 bits per heavy atom. The van der Waals surface area contributed by atoms with Crippen molar-refractivity contribution in [3.63, 3.8) is 0 Å². The molecule has 21 heavy (non-hydrogen) atoms. The predicted molar refractivity (Wildman–Crippen MR) is 78.5 cm³/mol. The van der Waals surface area contributed by atoms with Crippen molar-refractivity contribution < 1.29 is 14.6 Å².